The normalized spacial score (nSPS) is 11.6. The van der Waals surface area contributed by atoms with Gasteiger partial charge in [0, 0.05) is 29.2 Å². The summed E-state index contributed by atoms with van der Waals surface area (Å²) in [6, 6.07) is 15.8. The van der Waals surface area contributed by atoms with Crippen LogP contribution in [-0.4, -0.2) is 33.4 Å². The highest BCUT2D eigenvalue weighted by Gasteiger charge is 2.08. The Labute approximate surface area is 184 Å². The molecule has 0 unspecified atom stereocenters. The van der Waals surface area contributed by atoms with E-state index in [0.29, 0.717) is 6.61 Å². The van der Waals surface area contributed by atoms with Crippen molar-refractivity contribution in [3.8, 4) is 17.1 Å². The highest BCUT2D eigenvalue weighted by atomic mass is 16.6. The molecule has 6 heteroatoms. The molecule has 0 saturated heterocycles. The van der Waals surface area contributed by atoms with E-state index in [2.05, 4.69) is 15.1 Å². The van der Waals surface area contributed by atoms with Crippen molar-refractivity contribution in [2.24, 2.45) is 5.16 Å². The summed E-state index contributed by atoms with van der Waals surface area (Å²) < 4.78 is 5.84. The Morgan fingerprint density at radius 3 is 2.52 bits per heavy atom. The first-order valence-corrected chi connectivity index (χ1v) is 10.6. The molecule has 3 aromatic heterocycles. The van der Waals surface area contributed by atoms with E-state index in [9.17, 15) is 0 Å². The van der Waals surface area contributed by atoms with Crippen LogP contribution in [0.1, 0.15) is 50.0 Å². The summed E-state index contributed by atoms with van der Waals surface area (Å²) in [4.78, 5) is 19.3. The molecule has 0 radical (unpaired) electrons. The zero-order valence-corrected chi connectivity index (χ0v) is 18.9. The summed E-state index contributed by atoms with van der Waals surface area (Å²) in [5.41, 5.74) is 6.13. The Balaban J connectivity index is 1.58. The van der Waals surface area contributed by atoms with Crippen LogP contribution in [0, 0.1) is 13.8 Å². The molecule has 3 rings (SSSR count). The maximum atomic E-state index is 5.84. The summed E-state index contributed by atoms with van der Waals surface area (Å²) >= 11 is 0. The third kappa shape index (κ3) is 6.88. The van der Waals surface area contributed by atoms with E-state index >= 15 is 0 Å². The number of oxime groups is 1. The molecule has 0 spiro atoms. The van der Waals surface area contributed by atoms with Crippen molar-refractivity contribution >= 4 is 5.71 Å². The van der Waals surface area contributed by atoms with E-state index in [1.807, 2.05) is 83.1 Å². The minimum atomic E-state index is 0.113. The zero-order chi connectivity index (χ0) is 22.2. The zero-order valence-electron chi connectivity index (χ0n) is 18.9. The van der Waals surface area contributed by atoms with Crippen molar-refractivity contribution in [2.75, 3.05) is 6.61 Å². The van der Waals surface area contributed by atoms with E-state index in [0.717, 1.165) is 58.5 Å². The van der Waals surface area contributed by atoms with Crippen molar-refractivity contribution in [1.29, 1.82) is 0 Å². The molecule has 3 heterocycles. The van der Waals surface area contributed by atoms with Crippen LogP contribution in [-0.2, 0) is 11.3 Å². The van der Waals surface area contributed by atoms with Gasteiger partial charge in [0.15, 0.2) is 0 Å². The molecule has 0 aliphatic rings. The van der Waals surface area contributed by atoms with Crippen LogP contribution >= 0.6 is 0 Å². The fraction of sp³-hybridized carbons (Fsp3) is 0.360. The molecule has 0 N–H and O–H groups in total. The van der Waals surface area contributed by atoms with Crippen LogP contribution < -0.4 is 4.74 Å². The molecule has 0 saturated carbocycles. The molecule has 0 bridgehead atoms. The van der Waals surface area contributed by atoms with Gasteiger partial charge in [0.2, 0.25) is 0 Å². The quantitative estimate of drug-likeness (QED) is 0.267. The van der Waals surface area contributed by atoms with E-state index < -0.39 is 0 Å². The maximum absolute atomic E-state index is 5.84. The lowest BCUT2D eigenvalue weighted by molar-refractivity contribution is 0.141. The lowest BCUT2D eigenvalue weighted by atomic mass is 10.1. The van der Waals surface area contributed by atoms with Crippen molar-refractivity contribution in [3.05, 3.63) is 71.3 Å². The number of ether oxygens (including phenoxy) is 1. The van der Waals surface area contributed by atoms with Gasteiger partial charge < -0.3 is 9.57 Å². The summed E-state index contributed by atoms with van der Waals surface area (Å²) in [5.74, 6) is 0.814. The molecule has 0 atom stereocenters. The largest absolute Gasteiger partial charge is 0.491 e. The maximum Gasteiger partial charge on any atom is 0.123 e. The number of rotatable bonds is 9. The van der Waals surface area contributed by atoms with Gasteiger partial charge >= 0.3 is 0 Å². The summed E-state index contributed by atoms with van der Waals surface area (Å²) in [6.45, 7) is 10.4. The highest BCUT2D eigenvalue weighted by molar-refractivity contribution is 5.96. The number of pyridine rings is 3. The molecule has 6 nitrogen and oxygen atoms in total. The van der Waals surface area contributed by atoms with E-state index in [1.165, 1.54) is 0 Å². The fourth-order valence-electron chi connectivity index (χ4n) is 3.12. The van der Waals surface area contributed by atoms with Gasteiger partial charge in [-0.25, -0.2) is 0 Å². The van der Waals surface area contributed by atoms with Gasteiger partial charge in [-0.2, -0.15) is 0 Å². The lowest BCUT2D eigenvalue weighted by Crippen LogP contribution is -2.06. The minimum absolute atomic E-state index is 0.113. The smallest absolute Gasteiger partial charge is 0.123 e. The third-order valence-corrected chi connectivity index (χ3v) is 4.50. The van der Waals surface area contributed by atoms with E-state index in [1.54, 1.807) is 0 Å². The monoisotopic (exact) mass is 418 g/mol. The fourth-order valence-corrected chi connectivity index (χ4v) is 3.12. The van der Waals surface area contributed by atoms with E-state index in [-0.39, 0.29) is 6.10 Å². The molecule has 0 amide bonds. The Bertz CT molecular complexity index is 1050. The van der Waals surface area contributed by atoms with Crippen molar-refractivity contribution in [3.63, 3.8) is 0 Å². The van der Waals surface area contributed by atoms with Crippen LogP contribution in [0.15, 0.2) is 53.7 Å². The van der Waals surface area contributed by atoms with Crippen LogP contribution in [0.5, 0.6) is 5.75 Å². The van der Waals surface area contributed by atoms with Crippen LogP contribution in [0.4, 0.5) is 0 Å². The first-order valence-electron chi connectivity index (χ1n) is 10.6. The molecule has 0 aromatic carbocycles. The topological polar surface area (TPSA) is 69.5 Å². The number of aromatic nitrogens is 3. The van der Waals surface area contributed by atoms with E-state index in [4.69, 9.17) is 14.6 Å². The first-order chi connectivity index (χ1) is 14.9. The second-order valence-corrected chi connectivity index (χ2v) is 7.79. The predicted molar refractivity (Wildman–Crippen MR) is 123 cm³/mol. The number of nitrogens with zero attached hydrogens (tertiary/aromatic N) is 4. The standard InChI is InChI=1S/C25H30N4O2/c1-17(2)31-22-15-19(4)27-25(16-22)24-13-7-10-21(28-24)11-8-14-30-29-20(5)23-12-6-9-18(3)26-23/h6-7,9-10,12-13,15-17H,8,11,14H2,1-5H3. The lowest BCUT2D eigenvalue weighted by Gasteiger charge is -2.12. The second-order valence-electron chi connectivity index (χ2n) is 7.79. The van der Waals surface area contributed by atoms with Gasteiger partial charge in [-0.1, -0.05) is 17.3 Å². The first kappa shape index (κ1) is 22.4. The summed E-state index contributed by atoms with van der Waals surface area (Å²) in [6.07, 6.45) is 1.73. The third-order valence-electron chi connectivity index (χ3n) is 4.50. The van der Waals surface area contributed by atoms with Gasteiger partial charge in [0.05, 0.1) is 23.2 Å². The number of hydrogen-bond acceptors (Lipinski definition) is 6. The Morgan fingerprint density at radius 1 is 0.935 bits per heavy atom. The molecule has 0 fully saturated rings. The average molecular weight is 419 g/mol. The summed E-state index contributed by atoms with van der Waals surface area (Å²) in [7, 11) is 0. The predicted octanol–water partition coefficient (Wildman–Crippen LogP) is 5.32. The number of aryl methyl sites for hydroxylation is 3. The van der Waals surface area contributed by atoms with Crippen molar-refractivity contribution < 1.29 is 9.57 Å². The van der Waals surface area contributed by atoms with Crippen LogP contribution in [0.2, 0.25) is 0 Å². The molecular formula is C25H30N4O2. The van der Waals surface area contributed by atoms with Gasteiger partial charge in [-0.05, 0) is 71.7 Å². The van der Waals surface area contributed by atoms with Gasteiger partial charge in [-0.15, -0.1) is 0 Å². The van der Waals surface area contributed by atoms with Crippen LogP contribution in [0.3, 0.4) is 0 Å². The van der Waals surface area contributed by atoms with Gasteiger partial charge in [0.25, 0.3) is 0 Å². The summed E-state index contributed by atoms with van der Waals surface area (Å²) in [5, 5.41) is 4.18. The minimum Gasteiger partial charge on any atom is -0.491 e. The van der Waals surface area contributed by atoms with Crippen molar-refractivity contribution in [2.45, 2.75) is 53.6 Å². The molecule has 3 aromatic rings. The Kier molecular flexibility index (Phi) is 7.70. The molecule has 0 aliphatic heterocycles. The highest BCUT2D eigenvalue weighted by Crippen LogP contribution is 2.23. The number of hydrogen-bond donors (Lipinski definition) is 0. The molecule has 31 heavy (non-hydrogen) atoms. The van der Waals surface area contributed by atoms with Crippen molar-refractivity contribution in [1.82, 2.24) is 15.0 Å². The Morgan fingerprint density at radius 2 is 1.74 bits per heavy atom. The van der Waals surface area contributed by atoms with Crippen LogP contribution in [0.25, 0.3) is 11.4 Å². The average Bonchev–Trinajstić information content (AvgIpc) is 2.72. The second kappa shape index (κ2) is 10.7. The molecule has 162 valence electrons. The van der Waals surface area contributed by atoms with Gasteiger partial charge in [0.1, 0.15) is 18.1 Å². The Hall–Kier alpha value is -3.28. The van der Waals surface area contributed by atoms with Gasteiger partial charge in [-0.3, -0.25) is 15.0 Å². The SMILES string of the molecule is CC(=NOCCCc1cccc(-c2cc(OC(C)C)cc(C)n2)n1)c1cccc(C)n1. The molecular weight excluding hydrogens is 388 g/mol. The molecule has 0 aliphatic carbocycles.